The van der Waals surface area contributed by atoms with E-state index in [-0.39, 0.29) is 37.3 Å². The lowest BCUT2D eigenvalue weighted by atomic mass is 10.0. The molecule has 148 valence electrons. The van der Waals surface area contributed by atoms with E-state index < -0.39 is 36.1 Å². The van der Waals surface area contributed by atoms with E-state index >= 15 is 0 Å². The minimum absolute atomic E-state index is 0.106. The largest absolute Gasteiger partial charge is 0.333 e. The van der Waals surface area contributed by atoms with Crippen molar-refractivity contribution in [2.75, 3.05) is 6.54 Å². The standard InChI is InChI=1S/C16H15F4N7O/c17-7-14-23-24-15-8-26(1-2-27(14)15)16(28)5-10(22-25-21)3-9-4-12(19)13(20)6-11(9)18/h4,6,10H,1-3,5,7-8H2/t10-/m0/s1. The minimum atomic E-state index is -1.33. The van der Waals surface area contributed by atoms with Crippen molar-refractivity contribution < 1.29 is 22.4 Å². The number of azide groups is 1. The van der Waals surface area contributed by atoms with Gasteiger partial charge >= 0.3 is 0 Å². The fourth-order valence-corrected chi connectivity index (χ4v) is 3.06. The lowest BCUT2D eigenvalue weighted by Crippen LogP contribution is -2.40. The van der Waals surface area contributed by atoms with Crippen molar-refractivity contribution in [1.82, 2.24) is 19.7 Å². The molecule has 0 saturated heterocycles. The molecule has 3 rings (SSSR count). The Labute approximate surface area is 156 Å². The Morgan fingerprint density at radius 1 is 1.21 bits per heavy atom. The summed E-state index contributed by atoms with van der Waals surface area (Å²) >= 11 is 0. The molecule has 0 unspecified atom stereocenters. The predicted octanol–water partition coefficient (Wildman–Crippen LogP) is 2.82. The molecule has 2 heterocycles. The highest BCUT2D eigenvalue weighted by molar-refractivity contribution is 5.77. The van der Waals surface area contributed by atoms with Crippen LogP contribution >= 0.6 is 0 Å². The van der Waals surface area contributed by atoms with E-state index in [0.717, 1.165) is 0 Å². The number of halogens is 4. The van der Waals surface area contributed by atoms with Gasteiger partial charge in [0.25, 0.3) is 0 Å². The molecule has 2 aromatic rings. The van der Waals surface area contributed by atoms with Crippen molar-refractivity contribution in [2.45, 2.75) is 38.6 Å². The van der Waals surface area contributed by atoms with Crippen LogP contribution < -0.4 is 0 Å². The first kappa shape index (κ1) is 19.6. The Bertz CT molecular complexity index is 941. The van der Waals surface area contributed by atoms with Gasteiger partial charge in [-0.15, -0.1) is 10.2 Å². The van der Waals surface area contributed by atoms with Crippen LogP contribution in [-0.4, -0.2) is 38.2 Å². The fraction of sp³-hybridized carbons (Fsp3) is 0.438. The van der Waals surface area contributed by atoms with Gasteiger partial charge < -0.3 is 9.47 Å². The van der Waals surface area contributed by atoms with Crippen LogP contribution in [0.4, 0.5) is 17.6 Å². The zero-order valence-electron chi connectivity index (χ0n) is 14.5. The third kappa shape index (κ3) is 4.06. The summed E-state index contributed by atoms with van der Waals surface area (Å²) in [7, 11) is 0. The number of amides is 1. The topological polar surface area (TPSA) is 99.8 Å². The molecule has 1 aromatic heterocycles. The smallest absolute Gasteiger partial charge is 0.223 e. The second kappa shape index (κ2) is 8.26. The minimum Gasteiger partial charge on any atom is -0.333 e. The van der Waals surface area contributed by atoms with Crippen molar-refractivity contribution in [3.8, 4) is 0 Å². The number of hydrogen-bond acceptors (Lipinski definition) is 4. The number of benzene rings is 1. The Morgan fingerprint density at radius 2 is 1.96 bits per heavy atom. The molecule has 0 aliphatic carbocycles. The molecule has 1 aliphatic rings. The van der Waals surface area contributed by atoms with Gasteiger partial charge in [0.2, 0.25) is 5.91 Å². The molecule has 0 spiro atoms. The highest BCUT2D eigenvalue weighted by Gasteiger charge is 2.26. The van der Waals surface area contributed by atoms with Gasteiger partial charge in [0.1, 0.15) is 12.5 Å². The predicted molar refractivity (Wildman–Crippen MR) is 87.8 cm³/mol. The first-order valence-corrected chi connectivity index (χ1v) is 8.35. The van der Waals surface area contributed by atoms with Crippen molar-refractivity contribution in [1.29, 1.82) is 0 Å². The molecule has 8 nitrogen and oxygen atoms in total. The number of rotatable bonds is 6. The molecule has 0 bridgehead atoms. The van der Waals surface area contributed by atoms with Gasteiger partial charge in [-0.05, 0) is 23.6 Å². The lowest BCUT2D eigenvalue weighted by molar-refractivity contribution is -0.133. The van der Waals surface area contributed by atoms with Crippen LogP contribution in [0.15, 0.2) is 17.2 Å². The first-order chi connectivity index (χ1) is 13.4. The maximum atomic E-state index is 13.8. The van der Waals surface area contributed by atoms with Crippen LogP contribution in [0.25, 0.3) is 10.4 Å². The zero-order valence-corrected chi connectivity index (χ0v) is 14.5. The summed E-state index contributed by atoms with van der Waals surface area (Å²) < 4.78 is 54.7. The van der Waals surface area contributed by atoms with E-state index in [4.69, 9.17) is 5.53 Å². The quantitative estimate of drug-likeness (QED) is 0.246. The second-order valence-electron chi connectivity index (χ2n) is 6.26. The number of carbonyl (C=O) groups is 1. The van der Waals surface area contributed by atoms with E-state index in [9.17, 15) is 22.4 Å². The summed E-state index contributed by atoms with van der Waals surface area (Å²) in [6, 6.07) is 0.0919. The maximum absolute atomic E-state index is 13.8. The van der Waals surface area contributed by atoms with Gasteiger partial charge in [0.15, 0.2) is 23.3 Å². The van der Waals surface area contributed by atoms with E-state index in [2.05, 4.69) is 20.2 Å². The molecule has 1 atom stereocenters. The van der Waals surface area contributed by atoms with Crippen LogP contribution in [0, 0.1) is 17.5 Å². The van der Waals surface area contributed by atoms with Crippen LogP contribution in [0.5, 0.6) is 0 Å². The van der Waals surface area contributed by atoms with Crippen molar-refractivity contribution in [2.24, 2.45) is 5.11 Å². The zero-order chi connectivity index (χ0) is 20.3. The monoisotopic (exact) mass is 397 g/mol. The van der Waals surface area contributed by atoms with Gasteiger partial charge in [-0.2, -0.15) is 0 Å². The second-order valence-corrected chi connectivity index (χ2v) is 6.26. The summed E-state index contributed by atoms with van der Waals surface area (Å²) in [6.45, 7) is -0.0647. The van der Waals surface area contributed by atoms with Crippen LogP contribution in [-0.2, 0) is 31.0 Å². The Morgan fingerprint density at radius 3 is 2.68 bits per heavy atom. The number of nitrogens with zero attached hydrogens (tertiary/aromatic N) is 7. The third-order valence-corrected chi connectivity index (χ3v) is 4.47. The van der Waals surface area contributed by atoms with Crippen LogP contribution in [0.3, 0.4) is 0 Å². The van der Waals surface area contributed by atoms with Gasteiger partial charge in [0.05, 0.1) is 12.6 Å². The molecule has 0 saturated carbocycles. The molecular formula is C16H15F4N7O. The molecule has 0 N–H and O–H groups in total. The number of carbonyl (C=O) groups excluding carboxylic acids is 1. The van der Waals surface area contributed by atoms with Crippen LogP contribution in [0.1, 0.15) is 23.6 Å². The van der Waals surface area contributed by atoms with Gasteiger partial charge in [-0.25, -0.2) is 17.6 Å². The Hall–Kier alpha value is -3.14. The van der Waals surface area contributed by atoms with Crippen molar-refractivity contribution >= 4 is 5.91 Å². The van der Waals surface area contributed by atoms with Gasteiger partial charge in [-0.1, -0.05) is 5.11 Å². The normalized spacial score (nSPS) is 14.4. The summed E-state index contributed by atoms with van der Waals surface area (Å²) in [4.78, 5) is 16.6. The molecule has 0 fully saturated rings. The SMILES string of the molecule is [N-]=[N+]=N[C@H](CC(=O)N1CCn2c(CF)nnc2C1)Cc1cc(F)c(F)cc1F. The molecule has 1 amide bonds. The summed E-state index contributed by atoms with van der Waals surface area (Å²) in [5.41, 5.74) is 8.52. The Balaban J connectivity index is 1.70. The average Bonchev–Trinajstić information content (AvgIpc) is 3.08. The van der Waals surface area contributed by atoms with E-state index in [0.29, 0.717) is 24.5 Å². The number of hydrogen-bond donors (Lipinski definition) is 0. The first-order valence-electron chi connectivity index (χ1n) is 8.35. The molecule has 28 heavy (non-hydrogen) atoms. The van der Waals surface area contributed by atoms with Crippen molar-refractivity contribution in [3.63, 3.8) is 0 Å². The Kier molecular flexibility index (Phi) is 5.78. The third-order valence-electron chi connectivity index (χ3n) is 4.47. The van der Waals surface area contributed by atoms with Gasteiger partial charge in [-0.3, -0.25) is 4.79 Å². The van der Waals surface area contributed by atoms with E-state index in [1.54, 1.807) is 4.57 Å². The average molecular weight is 397 g/mol. The van der Waals surface area contributed by atoms with E-state index in [1.807, 2.05) is 0 Å². The molecule has 12 heteroatoms. The van der Waals surface area contributed by atoms with Gasteiger partial charge in [0, 0.05) is 30.5 Å². The maximum Gasteiger partial charge on any atom is 0.223 e. The summed E-state index contributed by atoms with van der Waals surface area (Å²) in [5, 5.41) is 11.0. The van der Waals surface area contributed by atoms with Crippen molar-refractivity contribution in [3.05, 3.63) is 57.2 Å². The number of aromatic nitrogens is 3. The highest BCUT2D eigenvalue weighted by Crippen LogP contribution is 2.20. The summed E-state index contributed by atoms with van der Waals surface area (Å²) in [5.74, 6) is -3.34. The molecular weight excluding hydrogens is 382 g/mol. The lowest BCUT2D eigenvalue weighted by Gasteiger charge is -2.28. The summed E-state index contributed by atoms with van der Waals surface area (Å²) in [6.07, 6.45) is -0.526. The van der Waals surface area contributed by atoms with Crippen LogP contribution in [0.2, 0.25) is 0 Å². The number of fused-ring (bicyclic) bond motifs is 1. The fourth-order valence-electron chi connectivity index (χ4n) is 3.06. The van der Waals surface area contributed by atoms with E-state index in [1.165, 1.54) is 4.90 Å². The molecule has 0 radical (unpaired) electrons. The highest BCUT2D eigenvalue weighted by atomic mass is 19.2. The molecule has 1 aromatic carbocycles. The molecule has 1 aliphatic heterocycles. The number of alkyl halides is 1.